The van der Waals surface area contributed by atoms with Crippen molar-refractivity contribution in [1.29, 1.82) is 0 Å². The van der Waals surface area contributed by atoms with Gasteiger partial charge in [-0.25, -0.2) is 4.98 Å². The van der Waals surface area contributed by atoms with Crippen LogP contribution in [-0.2, 0) is 6.42 Å². The largest absolute Gasteiger partial charge is 0.313 e. The van der Waals surface area contributed by atoms with Crippen molar-refractivity contribution in [1.82, 2.24) is 46.9 Å². The topological polar surface area (TPSA) is 73.2 Å². The zero-order valence-electron chi connectivity index (χ0n) is 58.9. The summed E-state index contributed by atoms with van der Waals surface area (Å²) < 4.78 is 17.2. The van der Waals surface area contributed by atoms with Crippen LogP contribution in [0.5, 0.6) is 0 Å². The quantitative estimate of drug-likeness (QED) is 0.145. The van der Waals surface area contributed by atoms with Crippen molar-refractivity contribution in [3.8, 4) is 57.2 Å². The molecule has 23 aromatic rings. The van der Waals surface area contributed by atoms with Gasteiger partial charge >= 0.3 is 0 Å². The minimum Gasteiger partial charge on any atom is -0.313 e. The summed E-state index contributed by atoms with van der Waals surface area (Å²) in [5.74, 6) is 1.69. The maximum absolute atomic E-state index is 5.59. The van der Waals surface area contributed by atoms with Crippen LogP contribution in [0.3, 0.4) is 0 Å². The van der Waals surface area contributed by atoms with Crippen LogP contribution in [0.25, 0.3) is 211 Å². The van der Waals surface area contributed by atoms with Crippen LogP contribution in [0, 0.1) is 0 Å². The predicted octanol–water partition coefficient (Wildman–Crippen LogP) is 24.7. The van der Waals surface area contributed by atoms with Gasteiger partial charge in [0.05, 0.1) is 71.7 Å². The van der Waals surface area contributed by atoms with Crippen molar-refractivity contribution >= 4 is 154 Å². The fraction of sp³-hybridized carbons (Fsp3) is 0.0202. The van der Waals surface area contributed by atoms with Gasteiger partial charge in [-0.3, -0.25) is 4.57 Å². The maximum atomic E-state index is 5.59. The standard InChI is InChI=1S/C99H62N10/c1-3-23-61(24-4-1)97-100-98(62-25-5-2-6-26-62)102-99(101-97)109-95-59-67(107-91-51-45-63(103-83-35-15-7-27-69(83)70-28-8-16-36-84(70)103)55-79(91)80-56-64(46-52-92(80)107)104-85-37-17-9-29-71(85)72-30-10-18-38-86(72)104)43-49-77(95)78-50-44-68(60-96(78)109)108-93-53-47-65(105-87-39-19-11-31-73(87)74-32-12-20-40-88(74)105)57-81(93)82-58-66(48-54-94(82)108)106-89-41-21-13-33-75(89)76-34-14-22-42-90(76)106/h1-47,49-53,55-60H,48,54H2. The summed E-state index contributed by atoms with van der Waals surface area (Å²) in [6.45, 7) is 0. The number of aromatic nitrogens is 10. The Morgan fingerprint density at radius 2 is 0.477 bits per heavy atom. The number of hydrogen-bond donors (Lipinski definition) is 0. The van der Waals surface area contributed by atoms with Crippen molar-refractivity contribution in [2.75, 3.05) is 0 Å². The van der Waals surface area contributed by atoms with Crippen LogP contribution in [0.1, 0.15) is 17.7 Å². The Morgan fingerprint density at radius 1 is 0.193 bits per heavy atom. The molecule has 8 aromatic heterocycles. The fourth-order valence-electron chi connectivity index (χ4n) is 18.6. The van der Waals surface area contributed by atoms with Gasteiger partial charge in [-0.1, -0.05) is 218 Å². The molecule has 1 aliphatic carbocycles. The van der Waals surface area contributed by atoms with Gasteiger partial charge in [-0.15, -0.1) is 0 Å². The minimum absolute atomic E-state index is 0.518. The summed E-state index contributed by atoms with van der Waals surface area (Å²) >= 11 is 0. The Balaban J connectivity index is 0.766. The molecule has 0 radical (unpaired) electrons. The van der Waals surface area contributed by atoms with Crippen molar-refractivity contribution in [2.45, 2.75) is 12.8 Å². The zero-order chi connectivity index (χ0) is 71.1. The van der Waals surface area contributed by atoms with E-state index in [4.69, 9.17) is 15.0 Å². The van der Waals surface area contributed by atoms with Crippen molar-refractivity contribution < 1.29 is 0 Å². The van der Waals surface area contributed by atoms with Crippen LogP contribution in [0.2, 0.25) is 0 Å². The van der Waals surface area contributed by atoms with E-state index in [1.165, 1.54) is 110 Å². The minimum atomic E-state index is 0.518. The van der Waals surface area contributed by atoms with Gasteiger partial charge in [0.15, 0.2) is 11.6 Å². The molecular weight excluding hydrogens is 1330 g/mol. The summed E-state index contributed by atoms with van der Waals surface area (Å²) in [6.07, 6.45) is 4.13. The normalized spacial score (nSPS) is 12.8. The van der Waals surface area contributed by atoms with Crippen LogP contribution in [-0.4, -0.2) is 46.9 Å². The van der Waals surface area contributed by atoms with E-state index in [-0.39, 0.29) is 0 Å². The SMILES string of the molecule is C1=C(n2c3ccccc3c3ccccc32)CCc2c1c1cc(-n3c4ccccc4c4ccccc43)ccc1n2-c1ccc2c3ccc(-n4c5ccc(-n6c7ccccc7c7ccccc76)cc5c5cc(-n6c7ccccc7c7ccccc76)ccc54)cc3n(-c3nc(-c4ccccc4)nc(-c4ccccc4)n3)c2c1. The maximum Gasteiger partial charge on any atom is 0.238 e. The first-order chi connectivity index (χ1) is 54.1. The number of fused-ring (bicyclic) bond motifs is 21. The molecule has 0 aliphatic heterocycles. The van der Waals surface area contributed by atoms with Crippen molar-refractivity contribution in [3.63, 3.8) is 0 Å². The summed E-state index contributed by atoms with van der Waals surface area (Å²) in [6, 6.07) is 126. The number of allylic oxidation sites excluding steroid dienone is 1. The first-order valence-corrected chi connectivity index (χ1v) is 37.5. The molecule has 0 bridgehead atoms. The zero-order valence-corrected chi connectivity index (χ0v) is 58.9. The Kier molecular flexibility index (Phi) is 12.6. The van der Waals surface area contributed by atoms with Crippen LogP contribution < -0.4 is 0 Å². The molecule has 0 spiro atoms. The lowest BCUT2D eigenvalue weighted by Crippen LogP contribution is -2.09. The van der Waals surface area contributed by atoms with Crippen LogP contribution in [0.15, 0.2) is 346 Å². The second-order valence-electron chi connectivity index (χ2n) is 29.0. The Labute approximate surface area is 623 Å². The summed E-state index contributed by atoms with van der Waals surface area (Å²) in [4.78, 5) is 16.5. The number of benzene rings is 15. The van der Waals surface area contributed by atoms with E-state index in [2.05, 4.69) is 372 Å². The second kappa shape index (κ2) is 22.9. The number of hydrogen-bond acceptors (Lipinski definition) is 3. The Morgan fingerprint density at radius 3 is 0.853 bits per heavy atom. The molecule has 15 aromatic carbocycles. The van der Waals surface area contributed by atoms with E-state index in [9.17, 15) is 0 Å². The number of nitrogens with zero attached hydrogens (tertiary/aromatic N) is 10. The molecule has 24 rings (SSSR count). The molecule has 10 nitrogen and oxygen atoms in total. The molecule has 109 heavy (non-hydrogen) atoms. The third-order valence-corrected chi connectivity index (χ3v) is 23.3. The number of para-hydroxylation sites is 8. The van der Waals surface area contributed by atoms with Crippen LogP contribution >= 0.6 is 0 Å². The highest BCUT2D eigenvalue weighted by molar-refractivity contribution is 6.17. The molecule has 0 amide bonds. The lowest BCUT2D eigenvalue weighted by atomic mass is 9.99. The Bertz CT molecular complexity index is 7420. The predicted molar refractivity (Wildman–Crippen MR) is 451 cm³/mol. The summed E-state index contributed by atoms with van der Waals surface area (Å²) in [5.41, 5.74) is 25.6. The molecule has 0 fully saturated rings. The molecule has 0 saturated heterocycles. The second-order valence-corrected chi connectivity index (χ2v) is 29.0. The molecule has 0 atom stereocenters. The van der Waals surface area contributed by atoms with Crippen molar-refractivity contribution in [2.24, 2.45) is 0 Å². The van der Waals surface area contributed by atoms with Gasteiger partial charge in [0.2, 0.25) is 5.95 Å². The third kappa shape index (κ3) is 8.70. The first-order valence-electron chi connectivity index (χ1n) is 37.5. The van der Waals surface area contributed by atoms with E-state index in [1.807, 2.05) is 12.1 Å². The van der Waals surface area contributed by atoms with Gasteiger partial charge in [-0.05, 0) is 146 Å². The van der Waals surface area contributed by atoms with Gasteiger partial charge in [0.1, 0.15) is 0 Å². The third-order valence-electron chi connectivity index (χ3n) is 23.3. The lowest BCUT2D eigenvalue weighted by Gasteiger charge is -2.20. The highest BCUT2D eigenvalue weighted by atomic mass is 15.2. The van der Waals surface area contributed by atoms with Crippen molar-refractivity contribution in [3.05, 3.63) is 357 Å². The smallest absolute Gasteiger partial charge is 0.238 e. The summed E-state index contributed by atoms with van der Waals surface area (Å²) in [5, 5.41) is 15.5. The van der Waals surface area contributed by atoms with Gasteiger partial charge in [0.25, 0.3) is 0 Å². The van der Waals surface area contributed by atoms with E-state index >= 15 is 0 Å². The van der Waals surface area contributed by atoms with E-state index in [0.29, 0.717) is 17.6 Å². The monoisotopic (exact) mass is 1390 g/mol. The number of rotatable bonds is 9. The van der Waals surface area contributed by atoms with Gasteiger partial charge in [0, 0.05) is 127 Å². The highest BCUT2D eigenvalue weighted by Gasteiger charge is 2.28. The molecule has 1 aliphatic rings. The fourth-order valence-corrected chi connectivity index (χ4v) is 18.6. The lowest BCUT2D eigenvalue weighted by molar-refractivity contribution is 0.873. The molecule has 10 heteroatoms. The van der Waals surface area contributed by atoms with E-state index < -0.39 is 0 Å². The molecule has 0 N–H and O–H groups in total. The van der Waals surface area contributed by atoms with Crippen LogP contribution in [0.4, 0.5) is 0 Å². The van der Waals surface area contributed by atoms with E-state index in [1.54, 1.807) is 0 Å². The molecule has 508 valence electrons. The highest BCUT2D eigenvalue weighted by Crippen LogP contribution is 2.46. The summed E-state index contributed by atoms with van der Waals surface area (Å²) in [7, 11) is 0. The molecule has 0 unspecified atom stereocenters. The molecular formula is C99H62N10. The Hall–Kier alpha value is -14.6. The van der Waals surface area contributed by atoms with Gasteiger partial charge < -0.3 is 27.4 Å². The van der Waals surface area contributed by atoms with E-state index in [0.717, 1.165) is 102 Å². The van der Waals surface area contributed by atoms with Gasteiger partial charge in [-0.2, -0.15) is 9.97 Å². The average molecular weight is 1390 g/mol. The first kappa shape index (κ1) is 59.7. The molecule has 0 saturated carbocycles. The average Bonchev–Trinajstić information content (AvgIpc) is 1.56. The molecule has 8 heterocycles.